The highest BCUT2D eigenvalue weighted by atomic mass is 127. The van der Waals surface area contributed by atoms with E-state index < -0.39 is 0 Å². The number of fused-ring (bicyclic) bond motifs is 2. The average molecular weight is 499 g/mol. The number of hydrogen-bond donors (Lipinski definition) is 0. The van der Waals surface area contributed by atoms with Gasteiger partial charge in [-0.15, -0.1) is 11.8 Å². The van der Waals surface area contributed by atoms with Gasteiger partial charge in [-0.2, -0.15) is 0 Å². The van der Waals surface area contributed by atoms with Crippen molar-refractivity contribution >= 4 is 66.6 Å². The molecule has 1 aromatic carbocycles. The van der Waals surface area contributed by atoms with Crippen LogP contribution in [0.3, 0.4) is 0 Å². The molecule has 0 bridgehead atoms. The van der Waals surface area contributed by atoms with Gasteiger partial charge >= 0.3 is 0 Å². The number of thioether (sulfide) groups is 1. The number of rotatable bonds is 3. The van der Waals surface area contributed by atoms with E-state index in [0.717, 1.165) is 59.3 Å². The Kier molecular flexibility index (Phi) is 7.43. The lowest BCUT2D eigenvalue weighted by Gasteiger charge is -2.26. The molecule has 138 valence electrons. The first kappa shape index (κ1) is 20.2. The first-order valence-electron chi connectivity index (χ1n) is 8.83. The molecule has 0 N–H and O–H groups in total. The number of carbonyl (C=O) groups excluding carboxylic acids is 1. The number of methoxy groups -OCH3 is 1. The number of halogens is 1. The van der Waals surface area contributed by atoms with Crippen molar-refractivity contribution in [1.29, 1.82) is 0 Å². The lowest BCUT2D eigenvalue weighted by Crippen LogP contribution is -2.25. The summed E-state index contributed by atoms with van der Waals surface area (Å²) in [6.07, 6.45) is 5.28. The van der Waals surface area contributed by atoms with Gasteiger partial charge in [0.2, 0.25) is 0 Å². The molecule has 2 aromatic rings. The van der Waals surface area contributed by atoms with Crippen molar-refractivity contribution in [2.75, 3.05) is 12.9 Å². The van der Waals surface area contributed by atoms with Crippen LogP contribution in [-0.4, -0.2) is 33.1 Å². The topological polar surface area (TPSA) is 39.2 Å². The summed E-state index contributed by atoms with van der Waals surface area (Å²) in [5.41, 5.74) is 3.16. The van der Waals surface area contributed by atoms with Crippen molar-refractivity contribution in [3.05, 3.63) is 35.4 Å². The van der Waals surface area contributed by atoms with E-state index in [2.05, 4.69) is 18.3 Å². The van der Waals surface area contributed by atoms with Gasteiger partial charge in [-0.1, -0.05) is 12.2 Å². The Bertz CT molecular complexity index is 804. The first-order chi connectivity index (χ1) is 12.7. The second-order valence-corrected chi connectivity index (χ2v) is 9.41. The summed E-state index contributed by atoms with van der Waals surface area (Å²) in [5.74, 6) is 1.56. The molecule has 3 nitrogen and oxygen atoms in total. The minimum absolute atomic E-state index is 0.150. The van der Waals surface area contributed by atoms with Crippen molar-refractivity contribution in [2.24, 2.45) is 5.92 Å². The molecule has 1 aliphatic carbocycles. The van der Waals surface area contributed by atoms with Gasteiger partial charge in [0, 0.05) is 33.1 Å². The number of nitrogens with zero attached hydrogens (tertiary/aromatic N) is 1. The molecule has 2 aliphatic rings. The van der Waals surface area contributed by atoms with Crippen LogP contribution >= 0.6 is 46.6 Å². The summed E-state index contributed by atoms with van der Waals surface area (Å²) in [7, 11) is 1.76. The van der Waals surface area contributed by atoms with Crippen LogP contribution in [0.4, 0.5) is 0 Å². The van der Waals surface area contributed by atoms with E-state index in [1.165, 1.54) is 5.56 Å². The third-order valence-electron chi connectivity index (χ3n) is 5.13. The molecule has 26 heavy (non-hydrogen) atoms. The SMILES string of the molecule is COC1CCC(C(=O)c2ccc3nc4c(cc3c2)CCS4)CC1.S=CI. The highest BCUT2D eigenvalue weighted by Gasteiger charge is 2.27. The number of carbonyl (C=O) groups is 1. The van der Waals surface area contributed by atoms with E-state index in [-0.39, 0.29) is 11.7 Å². The Hall–Kier alpha value is -0.570. The fourth-order valence-electron chi connectivity index (χ4n) is 3.71. The van der Waals surface area contributed by atoms with Gasteiger partial charge in [-0.3, -0.25) is 4.79 Å². The van der Waals surface area contributed by atoms with E-state index in [1.54, 1.807) is 10.5 Å². The summed E-state index contributed by atoms with van der Waals surface area (Å²) < 4.78 is 6.96. The lowest BCUT2D eigenvalue weighted by molar-refractivity contribution is 0.0519. The van der Waals surface area contributed by atoms with Crippen molar-refractivity contribution in [2.45, 2.75) is 43.2 Å². The van der Waals surface area contributed by atoms with Gasteiger partial charge in [0.05, 0.1) is 16.6 Å². The quantitative estimate of drug-likeness (QED) is 0.236. The Morgan fingerprint density at radius 3 is 2.73 bits per heavy atom. The number of ketones is 1. The zero-order valence-electron chi connectivity index (χ0n) is 14.7. The summed E-state index contributed by atoms with van der Waals surface area (Å²) in [6.45, 7) is 0. The van der Waals surface area contributed by atoms with Crippen LogP contribution in [0.25, 0.3) is 10.9 Å². The monoisotopic (exact) mass is 499 g/mol. The van der Waals surface area contributed by atoms with Crippen LogP contribution in [0.1, 0.15) is 41.6 Å². The molecule has 0 amide bonds. The summed E-state index contributed by atoms with van der Waals surface area (Å²) in [5, 5.41) is 2.26. The third-order valence-corrected chi connectivity index (χ3v) is 6.16. The number of aryl methyl sites for hydroxylation is 1. The molecular weight excluding hydrogens is 477 g/mol. The Morgan fingerprint density at radius 2 is 2.04 bits per heavy atom. The van der Waals surface area contributed by atoms with Crippen LogP contribution in [-0.2, 0) is 11.2 Å². The van der Waals surface area contributed by atoms with E-state index in [9.17, 15) is 4.79 Å². The summed E-state index contributed by atoms with van der Waals surface area (Å²) in [6, 6.07) is 8.21. The number of pyridine rings is 1. The van der Waals surface area contributed by atoms with Crippen LogP contribution in [0, 0.1) is 5.92 Å². The van der Waals surface area contributed by atoms with E-state index >= 15 is 0 Å². The van der Waals surface area contributed by atoms with E-state index in [1.807, 2.05) is 52.6 Å². The van der Waals surface area contributed by atoms with Crippen LogP contribution in [0.15, 0.2) is 29.3 Å². The van der Waals surface area contributed by atoms with Crippen molar-refractivity contribution in [3.8, 4) is 0 Å². The Balaban J connectivity index is 0.000000613. The largest absolute Gasteiger partial charge is 0.381 e. The highest BCUT2D eigenvalue weighted by Crippen LogP contribution is 2.33. The molecule has 0 atom stereocenters. The maximum Gasteiger partial charge on any atom is 0.165 e. The van der Waals surface area contributed by atoms with Gasteiger partial charge in [0.1, 0.15) is 0 Å². The second-order valence-electron chi connectivity index (χ2n) is 6.62. The molecule has 0 radical (unpaired) electrons. The predicted molar refractivity (Wildman–Crippen MR) is 121 cm³/mol. The standard InChI is InChI=1S/C19H21NO2S.CHIS/c1-22-16-5-2-12(3-6-16)18(21)13-4-7-17-15(10-13)11-14-8-9-23-19(14)20-17;2-1-3/h4,7,10-12,16H,2-3,5-6,8-9H2,1H3;1H. The number of hydrogen-bond acceptors (Lipinski definition) is 5. The number of thiocarbonyl (C=S) groups is 1. The molecule has 1 aliphatic heterocycles. The fourth-order valence-corrected chi connectivity index (χ4v) is 4.74. The molecule has 0 spiro atoms. The molecule has 4 rings (SSSR count). The average Bonchev–Trinajstić information content (AvgIpc) is 3.13. The maximum absolute atomic E-state index is 12.8. The smallest absolute Gasteiger partial charge is 0.165 e. The van der Waals surface area contributed by atoms with Crippen LogP contribution < -0.4 is 0 Å². The molecule has 0 saturated heterocycles. The molecule has 1 fully saturated rings. The van der Waals surface area contributed by atoms with Gasteiger partial charge in [0.15, 0.2) is 5.78 Å². The maximum atomic E-state index is 12.8. The van der Waals surface area contributed by atoms with Gasteiger partial charge < -0.3 is 4.74 Å². The van der Waals surface area contributed by atoms with Gasteiger partial charge in [-0.05, 0) is 84.5 Å². The predicted octanol–water partition coefficient (Wildman–Crippen LogP) is 5.65. The molecule has 2 heterocycles. The zero-order valence-corrected chi connectivity index (χ0v) is 18.5. The lowest BCUT2D eigenvalue weighted by atomic mass is 9.82. The minimum Gasteiger partial charge on any atom is -0.381 e. The van der Waals surface area contributed by atoms with E-state index in [4.69, 9.17) is 9.72 Å². The summed E-state index contributed by atoms with van der Waals surface area (Å²) in [4.78, 5) is 17.5. The molecule has 0 unspecified atom stereocenters. The zero-order chi connectivity index (χ0) is 18.5. The fraction of sp³-hybridized carbons (Fsp3) is 0.450. The normalized spacial score (nSPS) is 21.6. The molecule has 1 saturated carbocycles. The Labute approximate surface area is 177 Å². The minimum atomic E-state index is 0.150. The summed E-state index contributed by atoms with van der Waals surface area (Å²) >= 11 is 8.06. The van der Waals surface area contributed by atoms with Crippen molar-refractivity contribution < 1.29 is 9.53 Å². The third kappa shape index (κ3) is 4.64. The number of benzene rings is 1. The van der Waals surface area contributed by atoms with Crippen LogP contribution in [0.2, 0.25) is 0 Å². The number of Topliss-reactive ketones (excluding diaryl/α,β-unsaturated/α-hetero) is 1. The van der Waals surface area contributed by atoms with Gasteiger partial charge in [-0.25, -0.2) is 4.98 Å². The Morgan fingerprint density at radius 1 is 1.31 bits per heavy atom. The second kappa shape index (κ2) is 9.57. The number of ether oxygens (including phenoxy) is 1. The van der Waals surface area contributed by atoms with Crippen molar-refractivity contribution in [1.82, 2.24) is 4.98 Å². The highest BCUT2D eigenvalue weighted by molar-refractivity contribution is 14.1. The van der Waals surface area contributed by atoms with E-state index in [0.29, 0.717) is 6.10 Å². The molecule has 6 heteroatoms. The molecular formula is C20H22INO2S2. The molecule has 1 aromatic heterocycles. The van der Waals surface area contributed by atoms with Crippen molar-refractivity contribution in [3.63, 3.8) is 0 Å². The van der Waals surface area contributed by atoms with Gasteiger partial charge in [0.25, 0.3) is 0 Å². The first-order valence-corrected chi connectivity index (χ1v) is 11.5. The van der Waals surface area contributed by atoms with Crippen LogP contribution in [0.5, 0.6) is 0 Å². The number of aromatic nitrogens is 1.